The van der Waals surface area contributed by atoms with Crippen molar-refractivity contribution in [3.8, 4) is 0 Å². The van der Waals surface area contributed by atoms with E-state index in [-0.39, 0.29) is 5.54 Å². The number of hydrogen-bond acceptors (Lipinski definition) is 2. The number of carbonyl (C=O) groups excluding carboxylic acids is 1. The molecule has 1 aliphatic rings. The van der Waals surface area contributed by atoms with Gasteiger partial charge >= 0.3 is 0 Å². The van der Waals surface area contributed by atoms with Crippen LogP contribution in [0.4, 0.5) is 0 Å². The van der Waals surface area contributed by atoms with E-state index in [1.165, 1.54) is 0 Å². The second-order valence-corrected chi connectivity index (χ2v) is 5.84. The van der Waals surface area contributed by atoms with Crippen LogP contribution in [0.5, 0.6) is 0 Å². The van der Waals surface area contributed by atoms with Crippen LogP contribution in [-0.4, -0.2) is 36.5 Å². The van der Waals surface area contributed by atoms with E-state index in [0.29, 0.717) is 24.2 Å². The normalized spacial score (nSPS) is 24.5. The van der Waals surface area contributed by atoms with Crippen LogP contribution >= 0.6 is 0 Å². The average molecular weight is 226 g/mol. The predicted octanol–water partition coefficient (Wildman–Crippen LogP) is 1.88. The van der Waals surface area contributed by atoms with Gasteiger partial charge in [0.1, 0.15) is 0 Å². The van der Waals surface area contributed by atoms with Gasteiger partial charge in [0.15, 0.2) is 0 Å². The molecule has 1 rings (SSSR count). The molecule has 16 heavy (non-hydrogen) atoms. The van der Waals surface area contributed by atoms with E-state index in [0.717, 1.165) is 19.5 Å². The lowest BCUT2D eigenvalue weighted by atomic mass is 9.88. The lowest BCUT2D eigenvalue weighted by molar-refractivity contribution is -0.130. The van der Waals surface area contributed by atoms with Crippen LogP contribution < -0.4 is 5.32 Å². The van der Waals surface area contributed by atoms with Gasteiger partial charge in [0.25, 0.3) is 0 Å². The highest BCUT2D eigenvalue weighted by atomic mass is 16.2. The Kier molecular flexibility index (Phi) is 4.36. The fraction of sp³-hybridized carbons (Fsp3) is 0.923. The van der Waals surface area contributed by atoms with E-state index in [9.17, 15) is 4.79 Å². The molecule has 0 aromatic carbocycles. The highest BCUT2D eigenvalue weighted by Crippen LogP contribution is 2.35. The quantitative estimate of drug-likeness (QED) is 0.776. The molecule has 1 saturated heterocycles. The minimum Gasteiger partial charge on any atom is -0.337 e. The van der Waals surface area contributed by atoms with Crippen molar-refractivity contribution in [3.63, 3.8) is 0 Å². The maximum Gasteiger partial charge on any atom is 0.223 e. The Hall–Kier alpha value is -0.570. The summed E-state index contributed by atoms with van der Waals surface area (Å²) in [5, 5.41) is 3.19. The molecule has 0 bridgehead atoms. The Morgan fingerprint density at radius 1 is 1.50 bits per heavy atom. The zero-order valence-electron chi connectivity index (χ0n) is 11.3. The molecular formula is C13H26N2O. The Morgan fingerprint density at radius 3 is 2.62 bits per heavy atom. The zero-order valence-corrected chi connectivity index (χ0v) is 11.3. The lowest BCUT2D eigenvalue weighted by Gasteiger charge is -2.36. The van der Waals surface area contributed by atoms with Gasteiger partial charge in [-0.3, -0.25) is 4.79 Å². The summed E-state index contributed by atoms with van der Waals surface area (Å²) in [6.07, 6.45) is 1.80. The number of nitrogens with one attached hydrogen (secondary N) is 1. The molecule has 0 saturated carbocycles. The van der Waals surface area contributed by atoms with Crippen molar-refractivity contribution in [1.82, 2.24) is 10.2 Å². The molecule has 94 valence electrons. The summed E-state index contributed by atoms with van der Waals surface area (Å²) in [7, 11) is 1.96. The second-order valence-electron chi connectivity index (χ2n) is 5.84. The largest absolute Gasteiger partial charge is 0.337 e. The number of hydrogen-bond donors (Lipinski definition) is 1. The SMILES string of the molecule is CNCC1CC(=O)N(CCC(C)C)C1(C)C. The predicted molar refractivity (Wildman–Crippen MR) is 67.3 cm³/mol. The summed E-state index contributed by atoms with van der Waals surface area (Å²) in [5.74, 6) is 1.43. The molecule has 3 heteroatoms. The third kappa shape index (κ3) is 2.76. The van der Waals surface area contributed by atoms with Crippen molar-refractivity contribution >= 4 is 5.91 Å². The highest BCUT2D eigenvalue weighted by molar-refractivity contribution is 5.80. The molecule has 1 fully saturated rings. The molecule has 0 aliphatic carbocycles. The van der Waals surface area contributed by atoms with Crippen molar-refractivity contribution in [1.29, 1.82) is 0 Å². The second kappa shape index (κ2) is 5.17. The Balaban J connectivity index is 2.65. The van der Waals surface area contributed by atoms with Crippen molar-refractivity contribution in [2.75, 3.05) is 20.1 Å². The molecule has 1 aliphatic heterocycles. The van der Waals surface area contributed by atoms with Crippen LogP contribution in [0.25, 0.3) is 0 Å². The summed E-state index contributed by atoms with van der Waals surface area (Å²) in [6, 6.07) is 0. The zero-order chi connectivity index (χ0) is 12.3. The van der Waals surface area contributed by atoms with Crippen molar-refractivity contribution < 1.29 is 4.79 Å². The first kappa shape index (κ1) is 13.5. The van der Waals surface area contributed by atoms with Crippen molar-refractivity contribution in [2.24, 2.45) is 11.8 Å². The Labute approximate surface area is 99.6 Å². The topological polar surface area (TPSA) is 32.3 Å². The fourth-order valence-corrected chi connectivity index (χ4v) is 2.48. The van der Waals surface area contributed by atoms with E-state index < -0.39 is 0 Å². The Bertz CT molecular complexity index is 248. The minimum atomic E-state index is 0.00891. The van der Waals surface area contributed by atoms with Crippen LogP contribution in [0, 0.1) is 11.8 Å². The molecule has 1 atom stereocenters. The van der Waals surface area contributed by atoms with Crippen molar-refractivity contribution in [2.45, 2.75) is 46.1 Å². The van der Waals surface area contributed by atoms with Crippen LogP contribution in [0.3, 0.4) is 0 Å². The maximum atomic E-state index is 12.0. The first-order chi connectivity index (χ1) is 7.39. The van der Waals surface area contributed by atoms with Crippen LogP contribution in [-0.2, 0) is 4.79 Å². The summed E-state index contributed by atoms with van der Waals surface area (Å²) in [5.41, 5.74) is 0.00891. The van der Waals surface area contributed by atoms with Gasteiger partial charge in [-0.15, -0.1) is 0 Å². The van der Waals surface area contributed by atoms with E-state index in [4.69, 9.17) is 0 Å². The van der Waals surface area contributed by atoms with Crippen LogP contribution in [0.1, 0.15) is 40.5 Å². The molecule has 1 unspecified atom stereocenters. The molecule has 1 heterocycles. The van der Waals surface area contributed by atoms with Crippen LogP contribution in [0.15, 0.2) is 0 Å². The first-order valence-corrected chi connectivity index (χ1v) is 6.34. The van der Waals surface area contributed by atoms with Crippen LogP contribution in [0.2, 0.25) is 0 Å². The summed E-state index contributed by atoms with van der Waals surface area (Å²) in [4.78, 5) is 14.1. The molecule has 0 radical (unpaired) electrons. The summed E-state index contributed by atoms with van der Waals surface area (Å²) < 4.78 is 0. The Morgan fingerprint density at radius 2 is 2.12 bits per heavy atom. The van der Waals surface area contributed by atoms with Gasteiger partial charge in [0, 0.05) is 31.0 Å². The first-order valence-electron chi connectivity index (χ1n) is 6.34. The molecule has 0 aromatic rings. The third-order valence-electron chi connectivity index (χ3n) is 3.80. The van der Waals surface area contributed by atoms with Gasteiger partial charge < -0.3 is 10.2 Å². The number of rotatable bonds is 5. The van der Waals surface area contributed by atoms with Gasteiger partial charge in [-0.05, 0) is 33.2 Å². The monoisotopic (exact) mass is 226 g/mol. The van der Waals surface area contributed by atoms with E-state index >= 15 is 0 Å². The van der Waals surface area contributed by atoms with Gasteiger partial charge in [0.05, 0.1) is 0 Å². The number of nitrogens with zero attached hydrogens (tertiary/aromatic N) is 1. The molecule has 0 aromatic heterocycles. The maximum absolute atomic E-state index is 12.0. The smallest absolute Gasteiger partial charge is 0.223 e. The number of amides is 1. The average Bonchev–Trinajstić information content (AvgIpc) is 2.35. The van der Waals surface area contributed by atoms with Gasteiger partial charge in [-0.1, -0.05) is 13.8 Å². The number of likely N-dealkylation sites (tertiary alicyclic amines) is 1. The number of carbonyl (C=O) groups is 1. The van der Waals surface area contributed by atoms with Gasteiger partial charge in [-0.2, -0.15) is 0 Å². The van der Waals surface area contributed by atoms with Gasteiger partial charge in [-0.25, -0.2) is 0 Å². The van der Waals surface area contributed by atoms with Crippen molar-refractivity contribution in [3.05, 3.63) is 0 Å². The van der Waals surface area contributed by atoms with E-state index in [1.807, 2.05) is 7.05 Å². The lowest BCUT2D eigenvalue weighted by Crippen LogP contribution is -2.46. The highest BCUT2D eigenvalue weighted by Gasteiger charge is 2.45. The fourth-order valence-electron chi connectivity index (χ4n) is 2.48. The summed E-state index contributed by atoms with van der Waals surface area (Å²) in [6.45, 7) is 10.6. The van der Waals surface area contributed by atoms with Gasteiger partial charge in [0.2, 0.25) is 5.91 Å². The minimum absolute atomic E-state index is 0.00891. The molecular weight excluding hydrogens is 200 g/mol. The molecule has 1 amide bonds. The standard InChI is InChI=1S/C13H26N2O/c1-10(2)6-7-15-12(16)8-11(9-14-5)13(15,3)4/h10-11,14H,6-9H2,1-5H3. The third-order valence-corrected chi connectivity index (χ3v) is 3.80. The molecule has 3 nitrogen and oxygen atoms in total. The van der Waals surface area contributed by atoms with E-state index in [1.54, 1.807) is 0 Å². The summed E-state index contributed by atoms with van der Waals surface area (Å²) >= 11 is 0. The van der Waals surface area contributed by atoms with E-state index in [2.05, 4.69) is 37.9 Å². The molecule has 0 spiro atoms. The molecule has 1 N–H and O–H groups in total.